The summed E-state index contributed by atoms with van der Waals surface area (Å²) in [6.07, 6.45) is 47.7. The third-order valence-electron chi connectivity index (χ3n) is 21.0. The zero-order valence-electron chi connectivity index (χ0n) is 54.9. The topological polar surface area (TPSA) is 77.8 Å². The van der Waals surface area contributed by atoms with E-state index in [0.29, 0.717) is 23.6 Å². The number of benzene rings is 6. The summed E-state index contributed by atoms with van der Waals surface area (Å²) in [5, 5.41) is 19.5. The minimum absolute atomic E-state index is 0.131. The molecule has 8 aromatic rings. The molecule has 0 radical (unpaired) electrons. The fraction of sp³-hybridized carbons (Fsp3) is 0.470. The number of terminal acetylenes is 2. The van der Waals surface area contributed by atoms with Gasteiger partial charge in [-0.15, -0.1) is 33.2 Å². The lowest BCUT2D eigenvalue weighted by Crippen LogP contribution is -2.25. The smallest absolute Gasteiger partial charge is 0.248 e. The Labute approximate surface area is 534 Å². The summed E-state index contributed by atoms with van der Waals surface area (Å²) < 4.78 is 13.8. The fourth-order valence-electron chi connectivity index (χ4n) is 16.2. The highest BCUT2D eigenvalue weighted by Crippen LogP contribution is 2.59. The van der Waals surface area contributed by atoms with E-state index >= 15 is 0 Å². The molecule has 89 heavy (non-hydrogen) atoms. The first-order valence-corrected chi connectivity index (χ1v) is 35.2. The molecule has 3 aliphatic rings. The largest absolute Gasteiger partial charge is 0.416 e. The zero-order valence-corrected chi connectivity index (χ0v) is 54.9. The highest BCUT2D eigenvalue weighted by molar-refractivity contribution is 5.87. The fourth-order valence-corrected chi connectivity index (χ4v) is 16.2. The van der Waals surface area contributed by atoms with Gasteiger partial charge in [0, 0.05) is 49.6 Å². The maximum absolute atomic E-state index is 6.90. The SMILES string of the molecule is C#Cc1ccc2c(c1)C(CCCCCC)(CCCCCC)c1cc(-c3nnc(-c4ccc5c(c4)C(CCCCCC)(CCCCCC)c4cc(-c6nnc(-c7ccc8c(c7)C(CCCCCC)(CCCCCC)c7cc(C#C)ccc7-8)o6)ccc4-5)o3)ccc1-2. The second kappa shape index (κ2) is 29.1. The summed E-state index contributed by atoms with van der Waals surface area (Å²) in [6, 6.07) is 41.1. The summed E-state index contributed by atoms with van der Waals surface area (Å²) in [6.45, 7) is 13.8. The maximum Gasteiger partial charge on any atom is 0.248 e. The third kappa shape index (κ3) is 12.7. The van der Waals surface area contributed by atoms with E-state index in [1.165, 1.54) is 208 Å². The van der Waals surface area contributed by atoms with Gasteiger partial charge in [-0.2, -0.15) is 0 Å². The van der Waals surface area contributed by atoms with Crippen molar-refractivity contribution in [3.05, 3.63) is 154 Å². The Morgan fingerprint density at radius 3 is 0.708 bits per heavy atom. The van der Waals surface area contributed by atoms with Crippen LogP contribution in [0.4, 0.5) is 0 Å². The van der Waals surface area contributed by atoms with Gasteiger partial charge in [0.1, 0.15) is 0 Å². The van der Waals surface area contributed by atoms with Gasteiger partial charge in [0.15, 0.2) is 0 Å². The normalized spacial score (nSPS) is 14.2. The van der Waals surface area contributed by atoms with Gasteiger partial charge in [-0.05, 0) is 178 Å². The van der Waals surface area contributed by atoms with Crippen molar-refractivity contribution in [2.75, 3.05) is 0 Å². The van der Waals surface area contributed by atoms with E-state index in [1.54, 1.807) is 0 Å². The predicted octanol–water partition coefficient (Wildman–Crippen LogP) is 23.7. The van der Waals surface area contributed by atoms with Gasteiger partial charge >= 0.3 is 0 Å². The second-order valence-corrected chi connectivity index (χ2v) is 26.8. The molecule has 6 aromatic carbocycles. The molecule has 0 amide bonds. The molecular formula is C83H98N4O2. The number of aromatic nitrogens is 4. The van der Waals surface area contributed by atoms with Gasteiger partial charge < -0.3 is 8.83 Å². The van der Waals surface area contributed by atoms with Gasteiger partial charge in [-0.3, -0.25) is 0 Å². The van der Waals surface area contributed by atoms with Gasteiger partial charge in [0.2, 0.25) is 23.6 Å². The molecule has 2 aromatic heterocycles. The molecule has 0 unspecified atom stereocenters. The number of fused-ring (bicyclic) bond motifs is 9. The summed E-state index contributed by atoms with van der Waals surface area (Å²) in [5.74, 6) is 8.17. The van der Waals surface area contributed by atoms with Crippen molar-refractivity contribution in [1.29, 1.82) is 0 Å². The molecule has 0 bridgehead atoms. The van der Waals surface area contributed by atoms with Crippen LogP contribution in [0.5, 0.6) is 0 Å². The van der Waals surface area contributed by atoms with E-state index in [1.807, 2.05) is 0 Å². The highest BCUT2D eigenvalue weighted by Gasteiger charge is 2.46. The van der Waals surface area contributed by atoms with Crippen LogP contribution >= 0.6 is 0 Å². The van der Waals surface area contributed by atoms with Crippen LogP contribution in [0, 0.1) is 24.7 Å². The first kappa shape index (κ1) is 63.3. The van der Waals surface area contributed by atoms with E-state index in [0.717, 1.165) is 84.7 Å². The molecule has 3 aliphatic carbocycles. The van der Waals surface area contributed by atoms with Crippen molar-refractivity contribution in [3.8, 4) is 104 Å². The molecule has 11 rings (SSSR count). The highest BCUT2D eigenvalue weighted by atomic mass is 16.4. The minimum Gasteiger partial charge on any atom is -0.416 e. The molecule has 0 aliphatic heterocycles. The molecule has 0 saturated heterocycles. The number of nitrogens with zero attached hydrogens (tertiary/aromatic N) is 4. The van der Waals surface area contributed by atoms with Crippen LogP contribution in [0.3, 0.4) is 0 Å². The van der Waals surface area contributed by atoms with Crippen molar-refractivity contribution >= 4 is 0 Å². The van der Waals surface area contributed by atoms with Crippen molar-refractivity contribution in [3.63, 3.8) is 0 Å². The monoisotopic (exact) mass is 1180 g/mol. The lowest BCUT2D eigenvalue weighted by Gasteiger charge is -2.33. The molecule has 0 spiro atoms. The molecule has 0 N–H and O–H groups in total. The van der Waals surface area contributed by atoms with Crippen LogP contribution in [-0.2, 0) is 16.2 Å². The van der Waals surface area contributed by atoms with Gasteiger partial charge in [-0.1, -0.05) is 244 Å². The maximum atomic E-state index is 6.90. The molecule has 6 heteroatoms. The Bertz CT molecular complexity index is 3530. The average molecular weight is 1180 g/mol. The molecule has 0 fully saturated rings. The minimum atomic E-state index is -0.235. The molecule has 0 atom stereocenters. The van der Waals surface area contributed by atoms with Crippen LogP contribution in [0.1, 0.15) is 279 Å². The summed E-state index contributed by atoms with van der Waals surface area (Å²) in [5.41, 5.74) is 21.4. The van der Waals surface area contributed by atoms with Crippen LogP contribution in [0.15, 0.2) is 118 Å². The standard InChI is InChI=1S/C83H98N4O2/c1-9-17-23-29-47-81(48-30-24-18-10-2)71-53-59(15-7)35-41-65(71)67-43-37-61(55-73(67)81)77-84-86-79(88-77)63-39-45-69-70-46-40-64(58-76(70)83(75(69)57-63,51-33-27-21-13-5)52-34-28-22-14-6)80-87-85-78(89-80)62-38-44-68-66-42-36-60(16-8)54-72(66)82(74(68)56-62,49-31-25-19-11-3)50-32-26-20-12-4/h7-8,35-46,53-58H,9-14,17-34,47-52H2,1-6H3. The van der Waals surface area contributed by atoms with Crippen molar-refractivity contribution < 1.29 is 8.83 Å². The Hall–Kier alpha value is -7.28. The van der Waals surface area contributed by atoms with Gasteiger partial charge in [0.25, 0.3) is 0 Å². The molecule has 6 nitrogen and oxygen atoms in total. The number of rotatable bonds is 34. The predicted molar refractivity (Wildman–Crippen MR) is 371 cm³/mol. The molecule has 2 heterocycles. The molecule has 462 valence electrons. The third-order valence-corrected chi connectivity index (χ3v) is 21.0. The quantitative estimate of drug-likeness (QED) is 0.0295. The Balaban J connectivity index is 0.945. The van der Waals surface area contributed by atoms with E-state index in [2.05, 4.69) is 163 Å². The zero-order chi connectivity index (χ0) is 61.8. The Morgan fingerprint density at radius 2 is 0.494 bits per heavy atom. The number of hydrogen-bond donors (Lipinski definition) is 0. The summed E-state index contributed by atoms with van der Waals surface area (Å²) in [7, 11) is 0. The van der Waals surface area contributed by atoms with E-state index in [9.17, 15) is 0 Å². The van der Waals surface area contributed by atoms with Crippen molar-refractivity contribution in [2.45, 2.75) is 250 Å². The molecular weight excluding hydrogens is 1080 g/mol. The van der Waals surface area contributed by atoms with Crippen LogP contribution in [-0.4, -0.2) is 20.4 Å². The number of hydrogen-bond acceptors (Lipinski definition) is 6. The average Bonchev–Trinajstić information content (AvgIpc) is 1.69. The van der Waals surface area contributed by atoms with Crippen LogP contribution in [0.25, 0.3) is 79.2 Å². The number of unbranched alkanes of at least 4 members (excludes halogenated alkanes) is 18. The van der Waals surface area contributed by atoms with Gasteiger partial charge in [0.05, 0.1) is 0 Å². The van der Waals surface area contributed by atoms with Crippen molar-refractivity contribution in [2.24, 2.45) is 0 Å². The van der Waals surface area contributed by atoms with E-state index in [-0.39, 0.29) is 16.2 Å². The first-order valence-electron chi connectivity index (χ1n) is 35.2. The van der Waals surface area contributed by atoms with E-state index in [4.69, 9.17) is 42.1 Å². The van der Waals surface area contributed by atoms with Gasteiger partial charge in [-0.25, -0.2) is 0 Å². The second-order valence-electron chi connectivity index (χ2n) is 26.8. The Morgan fingerprint density at radius 1 is 0.281 bits per heavy atom. The Kier molecular flexibility index (Phi) is 20.7. The van der Waals surface area contributed by atoms with E-state index < -0.39 is 0 Å². The van der Waals surface area contributed by atoms with Crippen LogP contribution < -0.4 is 0 Å². The summed E-state index contributed by atoms with van der Waals surface area (Å²) >= 11 is 0. The molecule has 0 saturated carbocycles. The lowest BCUT2D eigenvalue weighted by molar-refractivity contribution is 0.401. The summed E-state index contributed by atoms with van der Waals surface area (Å²) in [4.78, 5) is 0. The van der Waals surface area contributed by atoms with Crippen LogP contribution in [0.2, 0.25) is 0 Å². The lowest BCUT2D eigenvalue weighted by atomic mass is 9.70. The van der Waals surface area contributed by atoms with Crippen molar-refractivity contribution in [1.82, 2.24) is 20.4 Å². The first-order chi connectivity index (χ1) is 43.7.